The molecule has 0 bridgehead atoms. The molecule has 1 N–H and O–H groups in total. The first kappa shape index (κ1) is 21.3. The van der Waals surface area contributed by atoms with Crippen LogP contribution in [-0.2, 0) is 14.3 Å². The fourth-order valence-electron chi connectivity index (χ4n) is 3.18. The lowest BCUT2D eigenvalue weighted by Crippen LogP contribution is -2.46. The molecule has 1 fully saturated rings. The lowest BCUT2D eigenvalue weighted by atomic mass is 10.1. The second kappa shape index (κ2) is 9.87. The number of anilines is 1. The summed E-state index contributed by atoms with van der Waals surface area (Å²) in [5, 5.41) is 3.50. The SMILES string of the molecule is Cc1ccc(NC(=O)CN(C)C(=O)CN2CCOC(c3ccc(Cl)cc3)C2)cc1. The van der Waals surface area contributed by atoms with E-state index < -0.39 is 0 Å². The Morgan fingerprint density at radius 2 is 1.86 bits per heavy atom. The fraction of sp³-hybridized carbons (Fsp3) is 0.364. The molecule has 0 aromatic heterocycles. The summed E-state index contributed by atoms with van der Waals surface area (Å²) >= 11 is 5.95. The van der Waals surface area contributed by atoms with E-state index in [9.17, 15) is 9.59 Å². The van der Waals surface area contributed by atoms with E-state index in [1.807, 2.05) is 55.5 Å². The zero-order chi connectivity index (χ0) is 20.8. The third kappa shape index (κ3) is 6.29. The maximum atomic E-state index is 12.6. The molecule has 1 saturated heterocycles. The Hall–Kier alpha value is -2.41. The average Bonchev–Trinajstić information content (AvgIpc) is 2.70. The minimum absolute atomic E-state index is 0.0116. The number of ether oxygens (including phenoxy) is 1. The number of amides is 2. The molecule has 1 heterocycles. The largest absolute Gasteiger partial charge is 0.371 e. The van der Waals surface area contributed by atoms with Gasteiger partial charge in [0.05, 0.1) is 25.8 Å². The van der Waals surface area contributed by atoms with Crippen LogP contribution in [0.3, 0.4) is 0 Å². The Kier molecular flexibility index (Phi) is 7.25. The minimum atomic E-state index is -0.217. The molecule has 29 heavy (non-hydrogen) atoms. The molecule has 3 rings (SSSR count). The summed E-state index contributed by atoms with van der Waals surface area (Å²) < 4.78 is 5.84. The van der Waals surface area contributed by atoms with Crippen LogP contribution in [0.2, 0.25) is 5.02 Å². The smallest absolute Gasteiger partial charge is 0.243 e. The number of nitrogens with one attached hydrogen (secondary N) is 1. The molecule has 2 aromatic rings. The van der Waals surface area contributed by atoms with Crippen LogP contribution in [0.1, 0.15) is 17.2 Å². The van der Waals surface area contributed by atoms with Gasteiger partial charge in [-0.15, -0.1) is 0 Å². The van der Waals surface area contributed by atoms with Crippen LogP contribution < -0.4 is 5.32 Å². The number of morpholine rings is 1. The van der Waals surface area contributed by atoms with Gasteiger partial charge in [-0.1, -0.05) is 41.4 Å². The van der Waals surface area contributed by atoms with Gasteiger partial charge in [0, 0.05) is 30.8 Å². The van der Waals surface area contributed by atoms with E-state index in [0.29, 0.717) is 24.7 Å². The van der Waals surface area contributed by atoms with Crippen LogP contribution in [0.5, 0.6) is 0 Å². The van der Waals surface area contributed by atoms with Crippen molar-refractivity contribution in [2.24, 2.45) is 0 Å². The number of benzene rings is 2. The van der Waals surface area contributed by atoms with Crippen molar-refractivity contribution in [3.8, 4) is 0 Å². The quantitative estimate of drug-likeness (QED) is 0.787. The molecule has 2 aromatic carbocycles. The van der Waals surface area contributed by atoms with E-state index >= 15 is 0 Å². The summed E-state index contributed by atoms with van der Waals surface area (Å²) in [6.07, 6.45) is -0.0936. The summed E-state index contributed by atoms with van der Waals surface area (Å²) in [6, 6.07) is 15.1. The molecule has 0 spiro atoms. The van der Waals surface area contributed by atoms with Crippen LogP contribution >= 0.6 is 11.6 Å². The monoisotopic (exact) mass is 415 g/mol. The number of carbonyl (C=O) groups excluding carboxylic acids is 2. The topological polar surface area (TPSA) is 61.9 Å². The van der Waals surface area contributed by atoms with Gasteiger partial charge in [-0.3, -0.25) is 14.5 Å². The number of nitrogens with zero attached hydrogens (tertiary/aromatic N) is 2. The predicted octanol–water partition coefficient (Wildman–Crippen LogP) is 3.12. The number of rotatable bonds is 6. The van der Waals surface area contributed by atoms with Crippen molar-refractivity contribution < 1.29 is 14.3 Å². The highest BCUT2D eigenvalue weighted by Crippen LogP contribution is 2.23. The van der Waals surface area contributed by atoms with Gasteiger partial charge in [0.15, 0.2) is 0 Å². The van der Waals surface area contributed by atoms with E-state index in [0.717, 1.165) is 16.8 Å². The van der Waals surface area contributed by atoms with E-state index in [1.54, 1.807) is 7.05 Å². The third-order valence-electron chi connectivity index (χ3n) is 4.89. The van der Waals surface area contributed by atoms with Crippen molar-refractivity contribution >= 4 is 29.1 Å². The Balaban J connectivity index is 1.48. The zero-order valence-corrected chi connectivity index (χ0v) is 17.5. The molecule has 1 atom stereocenters. The first-order chi connectivity index (χ1) is 13.9. The molecular weight excluding hydrogens is 390 g/mol. The summed E-state index contributed by atoms with van der Waals surface area (Å²) in [6.45, 7) is 4.11. The zero-order valence-electron chi connectivity index (χ0n) is 16.7. The summed E-state index contributed by atoms with van der Waals surface area (Å²) in [5.41, 5.74) is 2.88. The van der Waals surface area contributed by atoms with Crippen molar-refractivity contribution in [2.75, 3.05) is 45.2 Å². The number of likely N-dealkylation sites (N-methyl/N-ethyl adjacent to an activating group) is 1. The Morgan fingerprint density at radius 1 is 1.17 bits per heavy atom. The van der Waals surface area contributed by atoms with Crippen molar-refractivity contribution in [2.45, 2.75) is 13.0 Å². The van der Waals surface area contributed by atoms with Gasteiger partial charge >= 0.3 is 0 Å². The van der Waals surface area contributed by atoms with Crippen LogP contribution in [-0.4, -0.2) is 61.4 Å². The molecule has 0 radical (unpaired) electrons. The van der Waals surface area contributed by atoms with Crippen LogP contribution in [0, 0.1) is 6.92 Å². The second-order valence-corrected chi connectivity index (χ2v) is 7.75. The van der Waals surface area contributed by atoms with E-state index in [2.05, 4.69) is 10.2 Å². The van der Waals surface area contributed by atoms with Crippen molar-refractivity contribution in [3.63, 3.8) is 0 Å². The average molecular weight is 416 g/mol. The Bertz CT molecular complexity index is 839. The van der Waals surface area contributed by atoms with Crippen LogP contribution in [0.4, 0.5) is 5.69 Å². The molecule has 7 heteroatoms. The van der Waals surface area contributed by atoms with Crippen molar-refractivity contribution in [1.29, 1.82) is 0 Å². The molecule has 0 saturated carbocycles. The fourth-order valence-corrected chi connectivity index (χ4v) is 3.30. The number of halogens is 1. The van der Waals surface area contributed by atoms with Gasteiger partial charge < -0.3 is 15.0 Å². The summed E-state index contributed by atoms with van der Waals surface area (Å²) in [4.78, 5) is 28.3. The first-order valence-electron chi connectivity index (χ1n) is 9.60. The maximum absolute atomic E-state index is 12.6. The highest BCUT2D eigenvalue weighted by Gasteiger charge is 2.25. The maximum Gasteiger partial charge on any atom is 0.243 e. The van der Waals surface area contributed by atoms with Crippen LogP contribution in [0.25, 0.3) is 0 Å². The first-order valence-corrected chi connectivity index (χ1v) is 9.98. The van der Waals surface area contributed by atoms with E-state index in [-0.39, 0.29) is 31.0 Å². The second-order valence-electron chi connectivity index (χ2n) is 7.31. The normalized spacial score (nSPS) is 17.0. The standard InChI is InChI=1S/C22H26ClN3O3/c1-16-3-9-19(10-4-16)24-21(27)14-25(2)22(28)15-26-11-12-29-20(13-26)17-5-7-18(23)8-6-17/h3-10,20H,11-15H2,1-2H3,(H,24,27). The lowest BCUT2D eigenvalue weighted by molar-refractivity contribution is -0.136. The summed E-state index contributed by atoms with van der Waals surface area (Å²) in [7, 11) is 1.65. The molecule has 1 aliphatic heterocycles. The van der Waals surface area contributed by atoms with Gasteiger partial charge in [-0.2, -0.15) is 0 Å². The minimum Gasteiger partial charge on any atom is -0.371 e. The van der Waals surface area contributed by atoms with E-state index in [4.69, 9.17) is 16.3 Å². The molecule has 2 amide bonds. The van der Waals surface area contributed by atoms with Crippen molar-refractivity contribution in [3.05, 3.63) is 64.7 Å². The predicted molar refractivity (Wildman–Crippen MR) is 114 cm³/mol. The van der Waals surface area contributed by atoms with Gasteiger partial charge in [-0.05, 0) is 36.8 Å². The highest BCUT2D eigenvalue weighted by molar-refractivity contribution is 6.30. The van der Waals surface area contributed by atoms with Crippen LogP contribution in [0.15, 0.2) is 48.5 Å². The molecule has 154 valence electrons. The summed E-state index contributed by atoms with van der Waals surface area (Å²) in [5.74, 6) is -0.313. The van der Waals surface area contributed by atoms with Gasteiger partial charge in [0.1, 0.15) is 0 Å². The highest BCUT2D eigenvalue weighted by atomic mass is 35.5. The molecule has 6 nitrogen and oxygen atoms in total. The third-order valence-corrected chi connectivity index (χ3v) is 5.15. The van der Waals surface area contributed by atoms with Gasteiger partial charge in [-0.25, -0.2) is 0 Å². The number of hydrogen-bond donors (Lipinski definition) is 1. The lowest BCUT2D eigenvalue weighted by Gasteiger charge is -2.33. The number of aryl methyl sites for hydroxylation is 1. The van der Waals surface area contributed by atoms with Gasteiger partial charge in [0.2, 0.25) is 11.8 Å². The van der Waals surface area contributed by atoms with Crippen molar-refractivity contribution in [1.82, 2.24) is 9.80 Å². The molecule has 1 aliphatic rings. The molecule has 1 unspecified atom stereocenters. The molecular formula is C22H26ClN3O3. The van der Waals surface area contributed by atoms with Gasteiger partial charge in [0.25, 0.3) is 0 Å². The van der Waals surface area contributed by atoms with E-state index in [1.165, 1.54) is 4.90 Å². The number of hydrogen-bond acceptors (Lipinski definition) is 4. The number of carbonyl (C=O) groups is 2. The Labute approximate surface area is 176 Å². The molecule has 0 aliphatic carbocycles. The Morgan fingerprint density at radius 3 is 2.55 bits per heavy atom.